The first-order valence-corrected chi connectivity index (χ1v) is 7.80. The van der Waals surface area contributed by atoms with E-state index >= 15 is 0 Å². The average molecular weight is 342 g/mol. The first kappa shape index (κ1) is 16.7. The van der Waals surface area contributed by atoms with Crippen LogP contribution in [0.2, 0.25) is 0 Å². The molecule has 3 heterocycles. The van der Waals surface area contributed by atoms with Gasteiger partial charge in [-0.1, -0.05) is 6.07 Å². The third-order valence-electron chi connectivity index (χ3n) is 3.88. The molecule has 0 spiro atoms. The predicted octanol–water partition coefficient (Wildman–Crippen LogP) is 1.10. The number of likely N-dealkylation sites (N-methyl/N-ethyl adjacent to an activating group) is 1. The zero-order valence-corrected chi connectivity index (χ0v) is 13.8. The van der Waals surface area contributed by atoms with Gasteiger partial charge in [0.05, 0.1) is 25.0 Å². The quantitative estimate of drug-likeness (QED) is 0.734. The fourth-order valence-electron chi connectivity index (χ4n) is 2.57. The van der Waals surface area contributed by atoms with Crippen molar-refractivity contribution in [1.29, 1.82) is 0 Å². The molecule has 0 aliphatic carbocycles. The highest BCUT2D eigenvalue weighted by Gasteiger charge is 2.35. The number of hydrogen-bond acceptors (Lipinski definition) is 5. The van der Waals surface area contributed by atoms with Crippen molar-refractivity contribution in [2.24, 2.45) is 0 Å². The summed E-state index contributed by atoms with van der Waals surface area (Å²) in [6, 6.07) is 8.47. The monoisotopic (exact) mass is 342 g/mol. The Morgan fingerprint density at radius 3 is 2.68 bits per heavy atom. The second-order valence-electron chi connectivity index (χ2n) is 5.77. The highest BCUT2D eigenvalue weighted by Crippen LogP contribution is 2.13. The van der Waals surface area contributed by atoms with Gasteiger partial charge in [0.1, 0.15) is 18.8 Å². The van der Waals surface area contributed by atoms with E-state index < -0.39 is 6.03 Å². The summed E-state index contributed by atoms with van der Waals surface area (Å²) in [5.41, 5.74) is 0.707. The molecule has 1 fully saturated rings. The van der Waals surface area contributed by atoms with E-state index in [0.29, 0.717) is 11.5 Å². The largest absolute Gasteiger partial charge is 0.467 e. The number of imide groups is 1. The van der Waals surface area contributed by atoms with E-state index in [4.69, 9.17) is 4.42 Å². The number of urea groups is 1. The molecule has 1 saturated heterocycles. The Hall–Kier alpha value is -3.16. The van der Waals surface area contributed by atoms with Crippen LogP contribution in [0.25, 0.3) is 0 Å². The first-order valence-electron chi connectivity index (χ1n) is 7.80. The normalized spacial score (nSPS) is 14.3. The SMILES string of the molecule is CN1CC(=O)N(CC(=O)N(Cc2ccccn2)Cc2ccco2)C1=O. The Balaban J connectivity index is 1.74. The van der Waals surface area contributed by atoms with Crippen LogP contribution in [0.5, 0.6) is 0 Å². The molecule has 130 valence electrons. The van der Waals surface area contributed by atoms with Crippen LogP contribution >= 0.6 is 0 Å². The van der Waals surface area contributed by atoms with Crippen molar-refractivity contribution in [2.75, 3.05) is 20.1 Å². The van der Waals surface area contributed by atoms with Gasteiger partial charge in [-0.2, -0.15) is 0 Å². The molecule has 1 aliphatic rings. The summed E-state index contributed by atoms with van der Waals surface area (Å²) in [5, 5.41) is 0. The number of carbonyl (C=O) groups is 3. The molecule has 0 unspecified atom stereocenters. The minimum atomic E-state index is -0.464. The van der Waals surface area contributed by atoms with E-state index in [1.165, 1.54) is 23.1 Å². The molecule has 2 aromatic heterocycles. The Morgan fingerprint density at radius 2 is 2.08 bits per heavy atom. The third-order valence-corrected chi connectivity index (χ3v) is 3.88. The van der Waals surface area contributed by atoms with Crippen LogP contribution in [-0.2, 0) is 22.7 Å². The summed E-state index contributed by atoms with van der Waals surface area (Å²) in [5.74, 6) is -0.115. The van der Waals surface area contributed by atoms with Crippen molar-refractivity contribution in [3.63, 3.8) is 0 Å². The maximum absolute atomic E-state index is 12.7. The van der Waals surface area contributed by atoms with Gasteiger partial charge in [0.25, 0.3) is 5.91 Å². The zero-order valence-electron chi connectivity index (χ0n) is 13.8. The molecule has 0 saturated carbocycles. The molecule has 0 radical (unpaired) electrons. The van der Waals surface area contributed by atoms with Gasteiger partial charge in [0, 0.05) is 13.2 Å². The van der Waals surface area contributed by atoms with Crippen LogP contribution < -0.4 is 0 Å². The Bertz CT molecular complexity index is 760. The van der Waals surface area contributed by atoms with E-state index in [9.17, 15) is 14.4 Å². The maximum atomic E-state index is 12.7. The number of carbonyl (C=O) groups excluding carboxylic acids is 3. The molecule has 8 heteroatoms. The van der Waals surface area contributed by atoms with Gasteiger partial charge in [0.15, 0.2) is 0 Å². The molecule has 0 aromatic carbocycles. The number of amides is 4. The van der Waals surface area contributed by atoms with E-state index in [0.717, 1.165) is 4.90 Å². The molecule has 25 heavy (non-hydrogen) atoms. The summed E-state index contributed by atoms with van der Waals surface area (Å²) < 4.78 is 5.31. The number of aromatic nitrogens is 1. The molecular weight excluding hydrogens is 324 g/mol. The Labute approximate surface area is 144 Å². The lowest BCUT2D eigenvalue weighted by Gasteiger charge is -2.23. The van der Waals surface area contributed by atoms with Crippen LogP contribution in [0.15, 0.2) is 47.2 Å². The van der Waals surface area contributed by atoms with Gasteiger partial charge < -0.3 is 14.2 Å². The van der Waals surface area contributed by atoms with E-state index in [2.05, 4.69) is 4.98 Å². The van der Waals surface area contributed by atoms with Crippen LogP contribution in [-0.4, -0.2) is 57.7 Å². The molecule has 0 bridgehead atoms. The topological polar surface area (TPSA) is 87.0 Å². The first-order chi connectivity index (χ1) is 12.0. The molecule has 1 aliphatic heterocycles. The molecular formula is C17H18N4O4. The van der Waals surface area contributed by atoms with Crippen molar-refractivity contribution in [1.82, 2.24) is 19.7 Å². The molecule has 2 aromatic rings. The highest BCUT2D eigenvalue weighted by molar-refractivity contribution is 6.04. The van der Waals surface area contributed by atoms with Crippen molar-refractivity contribution < 1.29 is 18.8 Å². The van der Waals surface area contributed by atoms with Crippen molar-refractivity contribution >= 4 is 17.8 Å². The zero-order chi connectivity index (χ0) is 17.8. The van der Waals surface area contributed by atoms with Crippen LogP contribution in [0.4, 0.5) is 4.79 Å². The van der Waals surface area contributed by atoms with E-state index in [1.54, 1.807) is 24.4 Å². The van der Waals surface area contributed by atoms with Gasteiger partial charge in [-0.15, -0.1) is 0 Å². The highest BCUT2D eigenvalue weighted by atomic mass is 16.3. The average Bonchev–Trinajstić information content (AvgIpc) is 3.19. The number of rotatable bonds is 6. The second-order valence-corrected chi connectivity index (χ2v) is 5.77. The summed E-state index contributed by atoms with van der Waals surface area (Å²) in [7, 11) is 1.53. The lowest BCUT2D eigenvalue weighted by Crippen LogP contribution is -2.42. The molecule has 0 atom stereocenters. The van der Waals surface area contributed by atoms with Gasteiger partial charge in [-0.3, -0.25) is 19.5 Å². The number of furan rings is 1. The third kappa shape index (κ3) is 3.85. The smallest absolute Gasteiger partial charge is 0.327 e. The fourth-order valence-corrected chi connectivity index (χ4v) is 2.57. The Morgan fingerprint density at radius 1 is 1.24 bits per heavy atom. The number of pyridine rings is 1. The Kier molecular flexibility index (Phi) is 4.78. The van der Waals surface area contributed by atoms with Gasteiger partial charge >= 0.3 is 6.03 Å². The summed E-state index contributed by atoms with van der Waals surface area (Å²) in [6.07, 6.45) is 3.18. The molecule has 3 rings (SSSR count). The van der Waals surface area contributed by atoms with E-state index in [1.807, 2.05) is 12.1 Å². The molecule has 0 N–H and O–H groups in total. The summed E-state index contributed by atoms with van der Waals surface area (Å²) in [4.78, 5) is 44.6. The van der Waals surface area contributed by atoms with Crippen molar-refractivity contribution in [3.8, 4) is 0 Å². The van der Waals surface area contributed by atoms with Gasteiger partial charge in [-0.05, 0) is 24.3 Å². The van der Waals surface area contributed by atoms with E-state index in [-0.39, 0.29) is 38.0 Å². The maximum Gasteiger partial charge on any atom is 0.327 e. The van der Waals surface area contributed by atoms with Crippen LogP contribution in [0.3, 0.4) is 0 Å². The van der Waals surface area contributed by atoms with Crippen molar-refractivity contribution in [2.45, 2.75) is 13.1 Å². The second kappa shape index (κ2) is 7.16. The molecule has 4 amide bonds. The summed E-state index contributed by atoms with van der Waals surface area (Å²) in [6.45, 7) is 0.182. The van der Waals surface area contributed by atoms with Gasteiger partial charge in [0.2, 0.25) is 5.91 Å². The van der Waals surface area contributed by atoms with Crippen LogP contribution in [0, 0.1) is 0 Å². The van der Waals surface area contributed by atoms with Crippen molar-refractivity contribution in [3.05, 3.63) is 54.2 Å². The minimum Gasteiger partial charge on any atom is -0.467 e. The predicted molar refractivity (Wildman–Crippen MR) is 86.9 cm³/mol. The molecule has 8 nitrogen and oxygen atoms in total. The summed E-state index contributed by atoms with van der Waals surface area (Å²) >= 11 is 0. The standard InChI is InChI=1S/C17H18N4O4/c1-19-11-16(23)21(17(19)24)12-15(22)20(10-14-6-4-8-25-14)9-13-5-2-3-7-18-13/h2-8H,9-12H2,1H3. The number of nitrogens with zero attached hydrogens (tertiary/aromatic N) is 4. The minimum absolute atomic E-state index is 0.00939. The fraction of sp³-hybridized carbons (Fsp3) is 0.294. The number of hydrogen-bond donors (Lipinski definition) is 0. The van der Waals surface area contributed by atoms with Gasteiger partial charge in [-0.25, -0.2) is 4.79 Å². The van der Waals surface area contributed by atoms with Crippen LogP contribution in [0.1, 0.15) is 11.5 Å². The lowest BCUT2D eigenvalue weighted by atomic mass is 10.3. The lowest BCUT2D eigenvalue weighted by molar-refractivity contribution is -0.137.